The molecule has 0 fully saturated rings. The van der Waals surface area contributed by atoms with Gasteiger partial charge in [0.25, 0.3) is 0 Å². The number of carboxylic acid groups (broad SMARTS) is 1. The SMILES string of the molecule is O=C(O)n1ccnc1.[Ca+2].[H-].[H-]. The fourth-order valence-electron chi connectivity index (χ4n) is 0.372. The van der Waals surface area contributed by atoms with E-state index in [1.807, 2.05) is 0 Å². The van der Waals surface area contributed by atoms with E-state index in [-0.39, 0.29) is 40.6 Å². The second kappa shape index (κ2) is 3.87. The fourth-order valence-corrected chi connectivity index (χ4v) is 0.372. The van der Waals surface area contributed by atoms with Gasteiger partial charge in [0.2, 0.25) is 0 Å². The van der Waals surface area contributed by atoms with Crippen LogP contribution in [0.25, 0.3) is 0 Å². The Labute approximate surface area is 84.5 Å². The predicted molar refractivity (Wildman–Crippen MR) is 33.6 cm³/mol. The van der Waals surface area contributed by atoms with Gasteiger partial charge in [-0.3, -0.25) is 0 Å². The first-order valence-electron chi connectivity index (χ1n) is 2.02. The number of imidazole rings is 1. The minimum Gasteiger partial charge on any atom is -1.00 e. The van der Waals surface area contributed by atoms with E-state index in [1.54, 1.807) is 0 Å². The van der Waals surface area contributed by atoms with Crippen molar-refractivity contribution in [2.75, 3.05) is 0 Å². The van der Waals surface area contributed by atoms with Crippen LogP contribution in [0.4, 0.5) is 4.79 Å². The molecule has 0 amide bonds. The Bertz CT molecular complexity index is 192. The van der Waals surface area contributed by atoms with E-state index in [1.165, 1.54) is 18.7 Å². The molecule has 0 atom stereocenters. The summed E-state index contributed by atoms with van der Waals surface area (Å²) in [5.41, 5.74) is 0. The summed E-state index contributed by atoms with van der Waals surface area (Å²) < 4.78 is 0.972. The van der Waals surface area contributed by atoms with Gasteiger partial charge in [-0.25, -0.2) is 14.3 Å². The van der Waals surface area contributed by atoms with Gasteiger partial charge >= 0.3 is 43.8 Å². The standard InChI is InChI=1S/C4H4N2O2.Ca.2H/c7-4(8)6-2-1-5-3-6;;;/h1-3H,(H,7,8);;;/q;+2;2*-1. The Morgan fingerprint density at radius 3 is 2.67 bits per heavy atom. The Kier molecular flexibility index (Phi) is 3.84. The van der Waals surface area contributed by atoms with Gasteiger partial charge in [0.05, 0.1) is 0 Å². The Balaban J connectivity index is -0.000000213. The minimum atomic E-state index is -1.01. The normalized spacial score (nSPS) is 8.00. The third kappa shape index (κ3) is 2.34. The molecule has 9 heavy (non-hydrogen) atoms. The van der Waals surface area contributed by atoms with Crippen LogP contribution in [0, 0.1) is 0 Å². The number of hydrogen-bond acceptors (Lipinski definition) is 2. The van der Waals surface area contributed by atoms with Gasteiger partial charge in [0.15, 0.2) is 0 Å². The summed E-state index contributed by atoms with van der Waals surface area (Å²) in [7, 11) is 0. The van der Waals surface area contributed by atoms with Crippen LogP contribution in [0.3, 0.4) is 0 Å². The molecule has 0 aliphatic carbocycles. The molecule has 1 N–H and O–H groups in total. The van der Waals surface area contributed by atoms with Gasteiger partial charge in [-0.05, 0) is 0 Å². The summed E-state index contributed by atoms with van der Waals surface area (Å²) in [5, 5.41) is 8.20. The maximum absolute atomic E-state index is 9.98. The molecule has 0 radical (unpaired) electrons. The maximum Gasteiger partial charge on any atom is 2.00 e. The summed E-state index contributed by atoms with van der Waals surface area (Å²) in [5.74, 6) is 0. The molecule has 0 bridgehead atoms. The van der Waals surface area contributed by atoms with Crippen molar-refractivity contribution in [3.05, 3.63) is 18.7 Å². The summed E-state index contributed by atoms with van der Waals surface area (Å²) in [6, 6.07) is 0. The van der Waals surface area contributed by atoms with E-state index in [0.717, 1.165) is 4.57 Å². The molecule has 0 unspecified atom stereocenters. The number of nitrogens with zero attached hydrogens (tertiary/aromatic N) is 2. The molecule has 0 aliphatic heterocycles. The molecule has 0 spiro atoms. The Morgan fingerprint density at radius 1 is 1.78 bits per heavy atom. The number of aromatic nitrogens is 2. The summed E-state index contributed by atoms with van der Waals surface area (Å²) >= 11 is 0. The zero-order valence-electron chi connectivity index (χ0n) is 6.69. The molecule has 0 aliphatic rings. The van der Waals surface area contributed by atoms with Crippen LogP contribution in [-0.4, -0.2) is 58.5 Å². The van der Waals surface area contributed by atoms with Crippen LogP contribution in [0.15, 0.2) is 18.7 Å². The van der Waals surface area contributed by atoms with Gasteiger partial charge in [-0.2, -0.15) is 0 Å². The molecule has 4 nitrogen and oxygen atoms in total. The third-order valence-electron chi connectivity index (χ3n) is 0.725. The quantitative estimate of drug-likeness (QED) is 0.545. The second-order valence-electron chi connectivity index (χ2n) is 1.25. The first kappa shape index (κ1) is 8.94. The molecule has 0 saturated heterocycles. The predicted octanol–water partition coefficient (Wildman–Crippen LogP) is 0.253. The van der Waals surface area contributed by atoms with Crippen molar-refractivity contribution < 1.29 is 12.8 Å². The van der Waals surface area contributed by atoms with Crippen LogP contribution < -0.4 is 0 Å². The van der Waals surface area contributed by atoms with E-state index in [2.05, 4.69) is 4.98 Å². The molecule has 5 heteroatoms. The van der Waals surface area contributed by atoms with Crippen LogP contribution in [0.5, 0.6) is 0 Å². The first-order chi connectivity index (χ1) is 3.80. The van der Waals surface area contributed by atoms with E-state index in [4.69, 9.17) is 5.11 Å². The fraction of sp³-hybridized carbons (Fsp3) is 0. The smallest absolute Gasteiger partial charge is 1.00 e. The molecule has 0 aromatic carbocycles. The van der Waals surface area contributed by atoms with Crippen LogP contribution in [0.2, 0.25) is 0 Å². The van der Waals surface area contributed by atoms with Crippen molar-refractivity contribution >= 4 is 43.8 Å². The van der Waals surface area contributed by atoms with Crippen molar-refractivity contribution in [3.8, 4) is 0 Å². The van der Waals surface area contributed by atoms with Crippen molar-refractivity contribution in [2.24, 2.45) is 0 Å². The van der Waals surface area contributed by atoms with E-state index in [0.29, 0.717) is 0 Å². The molecule has 1 rings (SSSR count). The van der Waals surface area contributed by atoms with Gasteiger partial charge in [0, 0.05) is 12.4 Å². The van der Waals surface area contributed by atoms with Crippen LogP contribution in [0.1, 0.15) is 2.85 Å². The first-order valence-corrected chi connectivity index (χ1v) is 2.02. The van der Waals surface area contributed by atoms with Crippen LogP contribution >= 0.6 is 0 Å². The van der Waals surface area contributed by atoms with Crippen molar-refractivity contribution in [2.45, 2.75) is 0 Å². The molecule has 0 saturated carbocycles. The summed E-state index contributed by atoms with van der Waals surface area (Å²) in [4.78, 5) is 13.5. The van der Waals surface area contributed by atoms with E-state index in [9.17, 15) is 4.79 Å². The topological polar surface area (TPSA) is 55.1 Å². The van der Waals surface area contributed by atoms with Gasteiger partial charge in [0.1, 0.15) is 6.33 Å². The number of hydrogen-bond donors (Lipinski definition) is 1. The number of carbonyl (C=O) groups is 1. The van der Waals surface area contributed by atoms with Crippen molar-refractivity contribution in [1.29, 1.82) is 0 Å². The Hall–Kier alpha value is -0.0603. The molecule has 1 aromatic rings. The molecule has 1 aromatic heterocycles. The molecular weight excluding hydrogens is 148 g/mol. The third-order valence-corrected chi connectivity index (χ3v) is 0.725. The largest absolute Gasteiger partial charge is 2.00 e. The zero-order valence-corrected chi connectivity index (χ0v) is 6.90. The van der Waals surface area contributed by atoms with Crippen molar-refractivity contribution in [1.82, 2.24) is 9.55 Å². The minimum absolute atomic E-state index is 0. The molecular formula is C4H6CaN2O2. The average molecular weight is 154 g/mol. The molecule has 46 valence electrons. The molecule has 1 heterocycles. The number of rotatable bonds is 0. The second-order valence-corrected chi connectivity index (χ2v) is 1.25. The van der Waals surface area contributed by atoms with E-state index >= 15 is 0 Å². The maximum atomic E-state index is 9.98. The Morgan fingerprint density at radius 2 is 2.44 bits per heavy atom. The van der Waals surface area contributed by atoms with Gasteiger partial charge < -0.3 is 7.96 Å². The summed E-state index contributed by atoms with van der Waals surface area (Å²) in [6.45, 7) is 0. The van der Waals surface area contributed by atoms with Crippen molar-refractivity contribution in [3.63, 3.8) is 0 Å². The average Bonchev–Trinajstić information content (AvgIpc) is 2.12. The monoisotopic (exact) mass is 154 g/mol. The van der Waals surface area contributed by atoms with Gasteiger partial charge in [-0.15, -0.1) is 0 Å². The zero-order chi connectivity index (χ0) is 5.98. The van der Waals surface area contributed by atoms with E-state index < -0.39 is 6.09 Å². The van der Waals surface area contributed by atoms with Gasteiger partial charge in [-0.1, -0.05) is 0 Å². The summed E-state index contributed by atoms with van der Waals surface area (Å²) in [6.07, 6.45) is 2.99. The van der Waals surface area contributed by atoms with Crippen LogP contribution in [-0.2, 0) is 0 Å².